The van der Waals surface area contributed by atoms with Crippen LogP contribution < -0.4 is 0 Å². The molecular formula is C18H21NO2Y-2. The standard InChI is InChI=1S/C9H9NO2.C7H7.C2H6.Y/c11-9-10-6-8(12-9)7-4-2-1-3-5-7;1-7-5-3-2-4-6-7;1-2;/h1-5,8H,6H2,(H,10,11);3-6H,1H3;1-2H3;/q;-1;;/p-1. The first kappa shape index (κ1) is 20.8. The van der Waals surface area contributed by atoms with Gasteiger partial charge >= 0.3 is 0 Å². The third-order valence-corrected chi connectivity index (χ3v) is 2.69. The normalized spacial score (nSPS) is 14.9. The minimum atomic E-state index is -0.455. The molecular weight excluding hydrogens is 351 g/mol. The summed E-state index contributed by atoms with van der Waals surface area (Å²) in [5.74, 6) is 0. The van der Waals surface area contributed by atoms with Gasteiger partial charge in [0.25, 0.3) is 0 Å². The van der Waals surface area contributed by atoms with E-state index in [1.165, 1.54) is 5.56 Å². The third kappa shape index (κ3) is 7.72. The molecule has 1 radical (unpaired) electrons. The molecule has 2 aromatic rings. The topological polar surface area (TPSA) is 40.4 Å². The van der Waals surface area contributed by atoms with Gasteiger partial charge in [-0.2, -0.15) is 35.9 Å². The average molecular weight is 372 g/mol. The van der Waals surface area contributed by atoms with Crippen molar-refractivity contribution < 1.29 is 42.2 Å². The van der Waals surface area contributed by atoms with Gasteiger partial charge in [0.1, 0.15) is 6.10 Å². The van der Waals surface area contributed by atoms with E-state index in [0.717, 1.165) is 5.56 Å². The molecule has 22 heavy (non-hydrogen) atoms. The summed E-state index contributed by atoms with van der Waals surface area (Å²) in [6.07, 6.45) is -0.623. The molecule has 4 heteroatoms. The molecule has 1 heterocycles. The predicted octanol–water partition coefficient (Wildman–Crippen LogP) is 5.07. The van der Waals surface area contributed by atoms with Crippen molar-refractivity contribution in [3.05, 3.63) is 77.1 Å². The molecule has 1 saturated heterocycles. The fraction of sp³-hybridized carbons (Fsp3) is 0.278. The molecule has 0 spiro atoms. The fourth-order valence-electron chi connectivity index (χ4n) is 1.67. The van der Waals surface area contributed by atoms with Crippen LogP contribution in [0.4, 0.5) is 4.79 Å². The Morgan fingerprint density at radius 2 is 1.68 bits per heavy atom. The minimum absolute atomic E-state index is 0. The van der Waals surface area contributed by atoms with E-state index in [0.29, 0.717) is 6.54 Å². The zero-order valence-electron chi connectivity index (χ0n) is 13.3. The van der Waals surface area contributed by atoms with Crippen LogP contribution in [0, 0.1) is 13.0 Å². The maximum absolute atomic E-state index is 10.6. The van der Waals surface area contributed by atoms with Crippen molar-refractivity contribution in [1.82, 2.24) is 0 Å². The Morgan fingerprint density at radius 1 is 1.09 bits per heavy atom. The van der Waals surface area contributed by atoms with E-state index in [4.69, 9.17) is 4.74 Å². The van der Waals surface area contributed by atoms with Crippen LogP contribution in [0.2, 0.25) is 0 Å². The molecule has 1 aliphatic heterocycles. The number of amides is 1. The smallest absolute Gasteiger partial charge is 0.230 e. The van der Waals surface area contributed by atoms with Crippen molar-refractivity contribution in [3.8, 4) is 0 Å². The van der Waals surface area contributed by atoms with E-state index in [2.05, 4.69) is 18.3 Å². The van der Waals surface area contributed by atoms with Crippen LogP contribution in [-0.4, -0.2) is 12.6 Å². The van der Waals surface area contributed by atoms with E-state index in [9.17, 15) is 4.79 Å². The first-order valence-electron chi connectivity index (χ1n) is 7.11. The van der Waals surface area contributed by atoms with Crippen molar-refractivity contribution in [1.29, 1.82) is 0 Å². The van der Waals surface area contributed by atoms with E-state index >= 15 is 0 Å². The number of hydrogen-bond donors (Lipinski definition) is 0. The Balaban J connectivity index is 0.000000381. The molecule has 1 unspecified atom stereocenters. The second kappa shape index (κ2) is 12.4. The van der Waals surface area contributed by atoms with Gasteiger partial charge in [-0.05, 0) is 5.56 Å². The molecule has 3 nitrogen and oxygen atoms in total. The minimum Gasteiger partial charge on any atom is -0.614 e. The van der Waals surface area contributed by atoms with Gasteiger partial charge in [0, 0.05) is 32.7 Å². The Hall–Kier alpha value is -1.19. The van der Waals surface area contributed by atoms with Gasteiger partial charge < -0.3 is 10.1 Å². The largest absolute Gasteiger partial charge is 0.614 e. The number of ether oxygens (including phenoxy) is 1. The van der Waals surface area contributed by atoms with E-state index in [-0.39, 0.29) is 38.8 Å². The molecule has 2 aromatic carbocycles. The second-order valence-corrected chi connectivity index (χ2v) is 4.20. The average Bonchev–Trinajstić information content (AvgIpc) is 2.98. The number of carbonyl (C=O) groups excluding carboxylic acids is 1. The van der Waals surface area contributed by atoms with Gasteiger partial charge in [-0.1, -0.05) is 57.6 Å². The van der Waals surface area contributed by atoms with Gasteiger partial charge in [0.2, 0.25) is 6.09 Å². The molecule has 0 saturated carbocycles. The fourth-order valence-corrected chi connectivity index (χ4v) is 1.67. The number of carbonyl (C=O) groups is 1. The summed E-state index contributed by atoms with van der Waals surface area (Å²) in [4.78, 5) is 10.6. The van der Waals surface area contributed by atoms with E-state index in [1.807, 2.05) is 68.4 Å². The zero-order valence-corrected chi connectivity index (χ0v) is 16.2. The maximum atomic E-state index is 10.6. The molecule has 1 amide bonds. The Labute approximate surface area is 158 Å². The molecule has 0 bridgehead atoms. The summed E-state index contributed by atoms with van der Waals surface area (Å²) >= 11 is 0. The molecule has 0 aliphatic carbocycles. The van der Waals surface area contributed by atoms with E-state index < -0.39 is 6.09 Å². The molecule has 0 aromatic heterocycles. The Bertz CT molecular complexity index is 517. The molecule has 1 aliphatic rings. The molecule has 1 fully saturated rings. The van der Waals surface area contributed by atoms with Crippen molar-refractivity contribution >= 4 is 6.09 Å². The number of rotatable bonds is 1. The molecule has 115 valence electrons. The summed E-state index contributed by atoms with van der Waals surface area (Å²) in [5.41, 5.74) is 2.30. The van der Waals surface area contributed by atoms with Crippen LogP contribution in [0.5, 0.6) is 0 Å². The first-order valence-corrected chi connectivity index (χ1v) is 7.11. The summed E-state index contributed by atoms with van der Waals surface area (Å²) in [5, 5.41) is 3.63. The van der Waals surface area contributed by atoms with Gasteiger partial charge in [-0.25, -0.2) is 0 Å². The SMILES string of the molecule is CC.Cc1cc[c-]cc1.O=C1[N-]CC(c2ccccc2)O1.[Y]. The number of nitrogens with zero attached hydrogens (tertiary/aromatic N) is 1. The molecule has 0 N–H and O–H groups in total. The monoisotopic (exact) mass is 372 g/mol. The predicted molar refractivity (Wildman–Crippen MR) is 85.3 cm³/mol. The quantitative estimate of drug-likeness (QED) is 0.656. The van der Waals surface area contributed by atoms with Crippen molar-refractivity contribution in [2.75, 3.05) is 6.54 Å². The second-order valence-electron chi connectivity index (χ2n) is 4.20. The summed E-state index contributed by atoms with van der Waals surface area (Å²) in [6, 6.07) is 20.4. The number of aryl methyl sites for hydroxylation is 1. The van der Waals surface area contributed by atoms with Crippen LogP contribution in [0.25, 0.3) is 5.32 Å². The summed E-state index contributed by atoms with van der Waals surface area (Å²) in [7, 11) is 0. The van der Waals surface area contributed by atoms with Crippen LogP contribution in [0.1, 0.15) is 31.1 Å². The molecule has 1 atom stereocenters. The van der Waals surface area contributed by atoms with Gasteiger partial charge in [-0.15, -0.1) is 0 Å². The van der Waals surface area contributed by atoms with Crippen LogP contribution in [0.3, 0.4) is 0 Å². The Morgan fingerprint density at radius 3 is 2.09 bits per heavy atom. The number of benzene rings is 2. The molecule has 3 rings (SSSR count). The third-order valence-electron chi connectivity index (χ3n) is 2.69. The maximum Gasteiger partial charge on any atom is 0.230 e. The first-order chi connectivity index (χ1) is 10.3. The number of hydrogen-bond acceptors (Lipinski definition) is 2. The Kier molecular flexibility index (Phi) is 11.7. The van der Waals surface area contributed by atoms with Crippen LogP contribution in [0.15, 0.2) is 54.6 Å². The van der Waals surface area contributed by atoms with Crippen LogP contribution in [-0.2, 0) is 37.4 Å². The van der Waals surface area contributed by atoms with Gasteiger partial charge in [-0.3, -0.25) is 4.79 Å². The van der Waals surface area contributed by atoms with Crippen molar-refractivity contribution in [3.63, 3.8) is 0 Å². The van der Waals surface area contributed by atoms with Crippen molar-refractivity contribution in [2.24, 2.45) is 0 Å². The summed E-state index contributed by atoms with van der Waals surface area (Å²) in [6.45, 7) is 6.51. The zero-order chi connectivity index (χ0) is 15.5. The van der Waals surface area contributed by atoms with Gasteiger partial charge in [0.05, 0.1) is 0 Å². The van der Waals surface area contributed by atoms with Gasteiger partial charge in [0.15, 0.2) is 0 Å². The number of cyclic esters (lactones) is 1. The van der Waals surface area contributed by atoms with E-state index in [1.54, 1.807) is 0 Å². The van der Waals surface area contributed by atoms with Crippen LogP contribution >= 0.6 is 0 Å². The van der Waals surface area contributed by atoms with Crippen molar-refractivity contribution in [2.45, 2.75) is 26.9 Å². The summed E-state index contributed by atoms with van der Waals surface area (Å²) < 4.78 is 4.94.